The van der Waals surface area contributed by atoms with E-state index in [0.29, 0.717) is 32.4 Å². The monoisotopic (exact) mass is 329 g/mol. The van der Waals surface area contributed by atoms with E-state index in [-0.39, 0.29) is 0 Å². The van der Waals surface area contributed by atoms with Gasteiger partial charge in [0.15, 0.2) is 5.79 Å². The fraction of sp³-hybridized carbons (Fsp3) is 0.214. The predicted molar refractivity (Wildman–Crippen MR) is 80.7 cm³/mol. The normalized spacial score (nSPS) is 18.8. The summed E-state index contributed by atoms with van der Waals surface area (Å²) in [6.45, 7) is 1.73. The second kappa shape index (κ2) is 5.66. The summed E-state index contributed by atoms with van der Waals surface area (Å²) in [6.07, 6.45) is 0.858. The lowest BCUT2D eigenvalue weighted by Gasteiger charge is -2.24. The van der Waals surface area contributed by atoms with Crippen molar-refractivity contribution in [1.82, 2.24) is 4.98 Å². The van der Waals surface area contributed by atoms with Gasteiger partial charge in [-0.25, -0.2) is 4.98 Å². The molecule has 0 aliphatic carbocycles. The Morgan fingerprint density at radius 2 is 2.39 bits per heavy atom. The Bertz CT molecular complexity index is 831. The molecule has 1 aliphatic rings. The number of benzene rings is 1. The molecule has 23 heavy (non-hydrogen) atoms. The summed E-state index contributed by atoms with van der Waals surface area (Å²) < 4.78 is 10.8. The number of carboxylic acid groups (broad SMARTS) is 1. The minimum atomic E-state index is -1.88. The molecule has 1 aromatic carbocycles. The molecule has 0 saturated carbocycles. The van der Waals surface area contributed by atoms with E-state index in [0.717, 1.165) is 11.3 Å². The predicted octanol–water partition coefficient (Wildman–Crippen LogP) is 1.01. The molecule has 2 N–H and O–H groups in total. The van der Waals surface area contributed by atoms with Crippen LogP contribution in [-0.2, 0) is 15.2 Å². The molecule has 1 aliphatic heterocycles. The van der Waals surface area contributed by atoms with E-state index in [1.165, 1.54) is 13.7 Å². The molecule has 1 radical (unpaired) electrons. The topological polar surface area (TPSA) is 113 Å². The number of aliphatic hydroxyl groups is 1. The van der Waals surface area contributed by atoms with Crippen LogP contribution in [0.15, 0.2) is 18.3 Å². The second-order valence-corrected chi connectivity index (χ2v) is 5.99. The second-order valence-electron chi connectivity index (χ2n) is 5.00. The Morgan fingerprint density at radius 1 is 1.61 bits per heavy atom. The van der Waals surface area contributed by atoms with Crippen molar-refractivity contribution in [2.45, 2.75) is 19.1 Å². The van der Waals surface area contributed by atoms with Gasteiger partial charge in [0, 0.05) is 5.56 Å². The summed E-state index contributed by atoms with van der Waals surface area (Å²) in [4.78, 5) is 15.3. The van der Waals surface area contributed by atoms with Crippen molar-refractivity contribution in [3.05, 3.63) is 34.3 Å². The number of fused-ring (bicyclic) bond motifs is 1. The maximum absolute atomic E-state index is 10.9. The van der Waals surface area contributed by atoms with Gasteiger partial charge in [-0.1, -0.05) is 11.3 Å². The third kappa shape index (κ3) is 2.92. The molecule has 0 saturated heterocycles. The summed E-state index contributed by atoms with van der Waals surface area (Å²) in [5, 5.41) is 28.4. The molecule has 1 unspecified atom stereocenters. The van der Waals surface area contributed by atoms with Crippen LogP contribution in [0.25, 0.3) is 0 Å². The molecule has 0 fully saturated rings. The minimum absolute atomic E-state index is 0.320. The van der Waals surface area contributed by atoms with Gasteiger partial charge in [-0.3, -0.25) is 4.79 Å². The van der Waals surface area contributed by atoms with Gasteiger partial charge >= 0.3 is 13.5 Å². The standard InChI is InChI=1S/C14H10BN2O5S/c1-7-2-8(21-13-17-6-9(5-16)23-13)3-10-12(7)14(20,22-15-10)4-11(18)19/h2-3,6,20H,4H2,1H3,(H,18,19). The zero-order chi connectivity index (χ0) is 16.6. The van der Waals surface area contributed by atoms with Crippen molar-refractivity contribution in [2.24, 2.45) is 0 Å². The SMILES string of the molecule is Cc1cc(Oc2ncc(C#N)s2)cc2c1C(O)(CC(=O)O)O[B]2. The van der Waals surface area contributed by atoms with Crippen LogP contribution in [0.5, 0.6) is 10.9 Å². The highest BCUT2D eigenvalue weighted by Gasteiger charge is 2.42. The Hall–Kier alpha value is -2.41. The summed E-state index contributed by atoms with van der Waals surface area (Å²) in [6, 6.07) is 5.25. The van der Waals surface area contributed by atoms with E-state index in [1.54, 1.807) is 19.1 Å². The zero-order valence-electron chi connectivity index (χ0n) is 11.9. The molecular weight excluding hydrogens is 319 g/mol. The van der Waals surface area contributed by atoms with E-state index in [1.807, 2.05) is 6.07 Å². The Morgan fingerprint density at radius 3 is 3.04 bits per heavy atom. The minimum Gasteiger partial charge on any atom is -0.481 e. The van der Waals surface area contributed by atoms with Crippen LogP contribution in [0.3, 0.4) is 0 Å². The van der Waals surface area contributed by atoms with Gasteiger partial charge in [0.2, 0.25) is 0 Å². The number of carbonyl (C=O) groups is 1. The third-order valence-corrected chi connectivity index (χ3v) is 4.08. The average Bonchev–Trinajstić information content (AvgIpc) is 3.03. The van der Waals surface area contributed by atoms with Gasteiger partial charge in [-0.15, -0.1) is 0 Å². The third-order valence-electron chi connectivity index (χ3n) is 3.30. The fourth-order valence-corrected chi connectivity index (χ4v) is 3.06. The van der Waals surface area contributed by atoms with E-state index in [9.17, 15) is 9.90 Å². The first-order valence-corrected chi connectivity index (χ1v) is 7.37. The van der Waals surface area contributed by atoms with Crippen LogP contribution in [0.4, 0.5) is 0 Å². The van der Waals surface area contributed by atoms with Crippen molar-refractivity contribution < 1.29 is 24.4 Å². The first kappa shape index (κ1) is 15.5. The van der Waals surface area contributed by atoms with E-state index in [2.05, 4.69) is 4.98 Å². The molecule has 7 nitrogen and oxygen atoms in total. The number of aromatic nitrogens is 1. The Balaban J connectivity index is 1.91. The lowest BCUT2D eigenvalue weighted by atomic mass is 9.83. The van der Waals surface area contributed by atoms with Crippen LogP contribution in [0.1, 0.15) is 22.4 Å². The fourth-order valence-electron chi connectivity index (χ4n) is 2.48. The number of carboxylic acids is 1. The van der Waals surface area contributed by atoms with E-state index >= 15 is 0 Å². The molecule has 115 valence electrons. The van der Waals surface area contributed by atoms with Gasteiger partial charge in [-0.2, -0.15) is 5.26 Å². The number of nitrogens with zero attached hydrogens (tertiary/aromatic N) is 2. The highest BCUT2D eigenvalue weighted by molar-refractivity contribution is 7.13. The number of hydrogen-bond acceptors (Lipinski definition) is 7. The van der Waals surface area contributed by atoms with Gasteiger partial charge in [-0.05, 0) is 30.1 Å². The van der Waals surface area contributed by atoms with Gasteiger partial charge < -0.3 is 19.6 Å². The number of hydrogen-bond donors (Lipinski definition) is 2. The number of ether oxygens (including phenoxy) is 1. The molecule has 3 rings (SSSR count). The molecule has 9 heteroatoms. The van der Waals surface area contributed by atoms with Crippen molar-refractivity contribution in [3.63, 3.8) is 0 Å². The lowest BCUT2D eigenvalue weighted by Crippen LogP contribution is -2.30. The number of rotatable bonds is 4. The molecule has 1 aromatic heterocycles. The van der Waals surface area contributed by atoms with Crippen molar-refractivity contribution in [2.75, 3.05) is 0 Å². The lowest BCUT2D eigenvalue weighted by molar-refractivity contribution is -0.169. The highest BCUT2D eigenvalue weighted by Crippen LogP contribution is 2.35. The summed E-state index contributed by atoms with van der Waals surface area (Å²) in [7, 11) is 1.31. The first-order valence-electron chi connectivity index (χ1n) is 6.55. The van der Waals surface area contributed by atoms with Crippen LogP contribution in [0, 0.1) is 18.3 Å². The Labute approximate surface area is 136 Å². The van der Waals surface area contributed by atoms with Crippen molar-refractivity contribution >= 4 is 30.3 Å². The summed E-state index contributed by atoms with van der Waals surface area (Å²) in [5.41, 5.74) is 1.58. The van der Waals surface area contributed by atoms with Crippen LogP contribution >= 0.6 is 11.3 Å². The van der Waals surface area contributed by atoms with Crippen LogP contribution in [-0.4, -0.2) is 28.6 Å². The van der Waals surface area contributed by atoms with E-state index in [4.69, 9.17) is 19.8 Å². The van der Waals surface area contributed by atoms with Crippen LogP contribution < -0.4 is 10.2 Å². The van der Waals surface area contributed by atoms with Gasteiger partial charge in [0.05, 0.1) is 6.20 Å². The van der Waals surface area contributed by atoms with Crippen molar-refractivity contribution in [1.29, 1.82) is 5.26 Å². The molecule has 2 aromatic rings. The number of thiazole rings is 1. The largest absolute Gasteiger partial charge is 0.481 e. The molecular formula is C14H10BN2O5S. The molecule has 0 amide bonds. The summed E-state index contributed by atoms with van der Waals surface area (Å²) >= 11 is 1.11. The average molecular weight is 329 g/mol. The number of aryl methyl sites for hydroxylation is 1. The highest BCUT2D eigenvalue weighted by atomic mass is 32.1. The van der Waals surface area contributed by atoms with Gasteiger partial charge in [0.1, 0.15) is 23.1 Å². The quantitative estimate of drug-likeness (QED) is 0.805. The first-order chi connectivity index (χ1) is 10.9. The Kier molecular flexibility index (Phi) is 3.81. The molecule has 0 spiro atoms. The van der Waals surface area contributed by atoms with Gasteiger partial charge in [0.25, 0.3) is 5.19 Å². The molecule has 0 bridgehead atoms. The number of nitriles is 1. The number of aliphatic carboxylic acids is 1. The summed E-state index contributed by atoms with van der Waals surface area (Å²) in [5.74, 6) is -2.58. The van der Waals surface area contributed by atoms with Crippen molar-refractivity contribution in [3.8, 4) is 17.0 Å². The smallest absolute Gasteiger partial charge is 0.334 e. The maximum Gasteiger partial charge on any atom is 0.334 e. The van der Waals surface area contributed by atoms with E-state index < -0.39 is 18.2 Å². The van der Waals surface area contributed by atoms with Crippen LogP contribution in [0.2, 0.25) is 0 Å². The molecule has 1 atom stereocenters. The maximum atomic E-state index is 10.9. The zero-order valence-corrected chi connectivity index (χ0v) is 12.8. The molecule has 2 heterocycles.